The minimum absolute atomic E-state index is 0.0503. The van der Waals surface area contributed by atoms with Crippen molar-refractivity contribution < 1.29 is 13.6 Å². The summed E-state index contributed by atoms with van der Waals surface area (Å²) < 4.78 is 26.1. The van der Waals surface area contributed by atoms with E-state index in [2.05, 4.69) is 20.6 Å². The van der Waals surface area contributed by atoms with Crippen molar-refractivity contribution in [2.24, 2.45) is 0 Å². The summed E-state index contributed by atoms with van der Waals surface area (Å²) in [5.41, 5.74) is 0.784. The van der Waals surface area contributed by atoms with Gasteiger partial charge >= 0.3 is 0 Å². The standard InChI is InChI=1S/C17H11ClF2N4O/c18-11-3-1-2-4-14(11)24-16-8-15(21-9-22-16)17(25)23-10-5-6-12(19)13(20)7-10/h1-9H,(H,23,25)(H,21,22,24). The first-order valence-corrected chi connectivity index (χ1v) is 7.51. The summed E-state index contributed by atoms with van der Waals surface area (Å²) in [4.78, 5) is 20.1. The summed E-state index contributed by atoms with van der Waals surface area (Å²) in [5, 5.41) is 5.91. The monoisotopic (exact) mass is 360 g/mol. The van der Waals surface area contributed by atoms with Crippen LogP contribution in [0.2, 0.25) is 5.02 Å². The Kier molecular flexibility index (Phi) is 4.85. The summed E-state index contributed by atoms with van der Waals surface area (Å²) in [6.07, 6.45) is 1.21. The Labute approximate surface area is 146 Å². The average molecular weight is 361 g/mol. The number of anilines is 3. The van der Waals surface area contributed by atoms with Crippen molar-refractivity contribution in [1.29, 1.82) is 0 Å². The van der Waals surface area contributed by atoms with Crippen LogP contribution in [0.4, 0.5) is 26.0 Å². The zero-order valence-electron chi connectivity index (χ0n) is 12.6. The van der Waals surface area contributed by atoms with Crippen molar-refractivity contribution in [3.05, 3.63) is 77.2 Å². The molecule has 0 saturated heterocycles. The molecule has 25 heavy (non-hydrogen) atoms. The number of halogens is 3. The van der Waals surface area contributed by atoms with Crippen LogP contribution in [0.25, 0.3) is 0 Å². The Hall–Kier alpha value is -3.06. The Balaban J connectivity index is 1.77. The molecule has 8 heteroatoms. The van der Waals surface area contributed by atoms with Gasteiger partial charge in [0.25, 0.3) is 5.91 Å². The van der Waals surface area contributed by atoms with Gasteiger partial charge in [-0.25, -0.2) is 18.7 Å². The maximum atomic E-state index is 13.2. The number of nitrogens with one attached hydrogen (secondary N) is 2. The fourth-order valence-electron chi connectivity index (χ4n) is 2.02. The molecule has 2 aromatic carbocycles. The highest BCUT2D eigenvalue weighted by Gasteiger charge is 2.11. The fraction of sp³-hybridized carbons (Fsp3) is 0. The minimum Gasteiger partial charge on any atom is -0.339 e. The van der Waals surface area contributed by atoms with Gasteiger partial charge in [0.1, 0.15) is 17.8 Å². The first kappa shape index (κ1) is 16.8. The molecule has 3 aromatic rings. The van der Waals surface area contributed by atoms with E-state index in [1.807, 2.05) is 0 Å². The molecule has 2 N–H and O–H groups in total. The van der Waals surface area contributed by atoms with Crippen LogP contribution in [0.15, 0.2) is 54.9 Å². The number of amides is 1. The predicted molar refractivity (Wildman–Crippen MR) is 91.1 cm³/mol. The number of benzene rings is 2. The topological polar surface area (TPSA) is 66.9 Å². The molecule has 0 bridgehead atoms. The predicted octanol–water partition coefficient (Wildman–Crippen LogP) is 4.40. The fourth-order valence-corrected chi connectivity index (χ4v) is 2.20. The van der Waals surface area contributed by atoms with E-state index in [4.69, 9.17) is 11.6 Å². The Morgan fingerprint density at radius 1 is 1.00 bits per heavy atom. The molecule has 126 valence electrons. The number of carbonyl (C=O) groups excluding carboxylic acids is 1. The average Bonchev–Trinajstić information content (AvgIpc) is 2.60. The molecule has 0 saturated carbocycles. The van der Waals surface area contributed by atoms with Crippen LogP contribution < -0.4 is 10.6 Å². The summed E-state index contributed by atoms with van der Waals surface area (Å²) in [7, 11) is 0. The first-order chi connectivity index (χ1) is 12.0. The molecule has 0 aliphatic rings. The van der Waals surface area contributed by atoms with Crippen LogP contribution in [-0.4, -0.2) is 15.9 Å². The van der Waals surface area contributed by atoms with Gasteiger partial charge in [0.2, 0.25) is 0 Å². The van der Waals surface area contributed by atoms with Gasteiger partial charge in [0, 0.05) is 17.8 Å². The maximum Gasteiger partial charge on any atom is 0.274 e. The molecule has 0 radical (unpaired) electrons. The third kappa shape index (κ3) is 4.07. The lowest BCUT2D eigenvalue weighted by molar-refractivity contribution is 0.102. The number of carbonyl (C=O) groups is 1. The highest BCUT2D eigenvalue weighted by Crippen LogP contribution is 2.24. The van der Waals surface area contributed by atoms with E-state index in [9.17, 15) is 13.6 Å². The van der Waals surface area contributed by atoms with E-state index in [-0.39, 0.29) is 11.4 Å². The lowest BCUT2D eigenvalue weighted by atomic mass is 10.2. The Bertz CT molecular complexity index is 936. The molecule has 0 aliphatic carbocycles. The second-order valence-electron chi connectivity index (χ2n) is 4.98. The van der Waals surface area contributed by atoms with Gasteiger partial charge in [-0.05, 0) is 24.3 Å². The second kappa shape index (κ2) is 7.23. The Morgan fingerprint density at radius 3 is 2.56 bits per heavy atom. The molecule has 5 nitrogen and oxygen atoms in total. The summed E-state index contributed by atoms with van der Waals surface area (Å²) >= 11 is 6.06. The van der Waals surface area contributed by atoms with Gasteiger partial charge in [-0.3, -0.25) is 4.79 Å². The molecule has 0 fully saturated rings. The number of para-hydroxylation sites is 1. The van der Waals surface area contributed by atoms with Gasteiger partial charge in [-0.15, -0.1) is 0 Å². The number of aromatic nitrogens is 2. The Morgan fingerprint density at radius 2 is 1.80 bits per heavy atom. The molecule has 1 heterocycles. The maximum absolute atomic E-state index is 13.2. The van der Waals surface area contributed by atoms with Crippen LogP contribution in [0, 0.1) is 11.6 Å². The van der Waals surface area contributed by atoms with Gasteiger partial charge in [0.15, 0.2) is 11.6 Å². The van der Waals surface area contributed by atoms with Gasteiger partial charge in [0.05, 0.1) is 10.7 Å². The van der Waals surface area contributed by atoms with Crippen LogP contribution in [0.1, 0.15) is 10.5 Å². The van der Waals surface area contributed by atoms with Crippen LogP contribution in [0.5, 0.6) is 0 Å². The minimum atomic E-state index is -1.05. The highest BCUT2D eigenvalue weighted by atomic mass is 35.5. The largest absolute Gasteiger partial charge is 0.339 e. The molecular formula is C17H11ClF2N4O. The van der Waals surface area contributed by atoms with Crippen LogP contribution in [-0.2, 0) is 0 Å². The van der Waals surface area contributed by atoms with Gasteiger partial charge in [-0.1, -0.05) is 23.7 Å². The lowest BCUT2D eigenvalue weighted by Gasteiger charge is -2.09. The molecule has 0 atom stereocenters. The number of rotatable bonds is 4. The quantitative estimate of drug-likeness (QED) is 0.723. The number of hydrogen-bond donors (Lipinski definition) is 2. The molecule has 3 rings (SSSR count). The van der Waals surface area contributed by atoms with Crippen molar-refractivity contribution in [3.63, 3.8) is 0 Å². The molecule has 1 aromatic heterocycles. The third-order valence-electron chi connectivity index (χ3n) is 3.21. The van der Waals surface area contributed by atoms with E-state index in [0.717, 1.165) is 12.1 Å². The van der Waals surface area contributed by atoms with Crippen LogP contribution in [0.3, 0.4) is 0 Å². The van der Waals surface area contributed by atoms with Crippen LogP contribution >= 0.6 is 11.6 Å². The second-order valence-corrected chi connectivity index (χ2v) is 5.38. The number of hydrogen-bond acceptors (Lipinski definition) is 4. The van der Waals surface area contributed by atoms with E-state index in [0.29, 0.717) is 16.5 Å². The summed E-state index contributed by atoms with van der Waals surface area (Å²) in [6.45, 7) is 0. The van der Waals surface area contributed by atoms with E-state index in [1.165, 1.54) is 18.5 Å². The van der Waals surface area contributed by atoms with E-state index >= 15 is 0 Å². The van der Waals surface area contributed by atoms with Crippen molar-refractivity contribution >= 4 is 34.7 Å². The summed E-state index contributed by atoms with van der Waals surface area (Å²) in [6, 6.07) is 11.5. The molecular weight excluding hydrogens is 350 g/mol. The summed E-state index contributed by atoms with van der Waals surface area (Å²) in [5.74, 6) is -2.28. The molecule has 0 aliphatic heterocycles. The van der Waals surface area contributed by atoms with E-state index in [1.54, 1.807) is 24.3 Å². The van der Waals surface area contributed by atoms with Crippen molar-refractivity contribution in [1.82, 2.24) is 9.97 Å². The number of nitrogens with zero attached hydrogens (tertiary/aromatic N) is 2. The molecule has 1 amide bonds. The van der Waals surface area contributed by atoms with Crippen molar-refractivity contribution in [2.75, 3.05) is 10.6 Å². The van der Waals surface area contributed by atoms with Gasteiger partial charge < -0.3 is 10.6 Å². The van der Waals surface area contributed by atoms with Crippen molar-refractivity contribution in [3.8, 4) is 0 Å². The zero-order valence-corrected chi connectivity index (χ0v) is 13.4. The van der Waals surface area contributed by atoms with Crippen molar-refractivity contribution in [2.45, 2.75) is 0 Å². The zero-order chi connectivity index (χ0) is 17.8. The SMILES string of the molecule is O=C(Nc1ccc(F)c(F)c1)c1cc(Nc2ccccc2Cl)ncn1. The highest BCUT2D eigenvalue weighted by molar-refractivity contribution is 6.33. The third-order valence-corrected chi connectivity index (χ3v) is 3.54. The molecule has 0 unspecified atom stereocenters. The normalized spacial score (nSPS) is 10.4. The lowest BCUT2D eigenvalue weighted by Crippen LogP contribution is -2.14. The smallest absolute Gasteiger partial charge is 0.274 e. The van der Waals surface area contributed by atoms with Gasteiger partial charge in [-0.2, -0.15) is 0 Å². The first-order valence-electron chi connectivity index (χ1n) is 7.13. The molecule has 0 spiro atoms. The van der Waals surface area contributed by atoms with E-state index < -0.39 is 17.5 Å².